The summed E-state index contributed by atoms with van der Waals surface area (Å²) in [7, 11) is 0. The van der Waals surface area contributed by atoms with E-state index >= 15 is 0 Å². The van der Waals surface area contributed by atoms with Crippen LogP contribution < -0.4 is 5.32 Å². The van der Waals surface area contributed by atoms with Gasteiger partial charge in [0.1, 0.15) is 0 Å². The molecule has 7 nitrogen and oxygen atoms in total. The molecule has 5 rings (SSSR count). The van der Waals surface area contributed by atoms with Crippen LogP contribution in [0.3, 0.4) is 0 Å². The number of benzene rings is 3. The number of ether oxygens (including phenoxy) is 3. The first-order valence-electron chi connectivity index (χ1n) is 14.1. The van der Waals surface area contributed by atoms with E-state index in [9.17, 15) is 9.90 Å². The Morgan fingerprint density at radius 2 is 1.62 bits per heavy atom. The number of nitrogens with zero attached hydrogens (tertiary/aromatic N) is 1. The van der Waals surface area contributed by atoms with E-state index in [0.29, 0.717) is 0 Å². The number of aliphatic hydroxyl groups excluding tert-OH is 1. The molecule has 0 spiro atoms. The molecule has 2 aliphatic rings. The molecule has 0 bridgehead atoms. The molecule has 0 radical (unpaired) electrons. The van der Waals surface area contributed by atoms with E-state index in [-0.39, 0.29) is 31.3 Å². The SMILES string of the molecule is CC1C(CN2CCOCC2)OC(c2ccc(-c3ccccc3CNC(=O)C(Cl)(Cl)Cl)cc2)OC1c1ccc(CO)cc1. The lowest BCUT2D eigenvalue weighted by Gasteiger charge is -2.43. The lowest BCUT2D eigenvalue weighted by atomic mass is 9.90. The number of morpholine rings is 1. The summed E-state index contributed by atoms with van der Waals surface area (Å²) in [6.45, 7) is 6.40. The van der Waals surface area contributed by atoms with Crippen LogP contribution in [0, 0.1) is 5.92 Å². The average Bonchev–Trinajstić information content (AvgIpc) is 3.01. The van der Waals surface area contributed by atoms with E-state index in [0.717, 1.165) is 66.2 Å². The fraction of sp³-hybridized carbons (Fsp3) is 0.406. The lowest BCUT2D eigenvalue weighted by molar-refractivity contribution is -0.277. The number of alkyl halides is 3. The van der Waals surface area contributed by atoms with Gasteiger partial charge in [0.25, 0.3) is 9.70 Å². The number of amides is 1. The predicted octanol–water partition coefficient (Wildman–Crippen LogP) is 5.96. The minimum absolute atomic E-state index is 0.00149. The summed E-state index contributed by atoms with van der Waals surface area (Å²) in [4.78, 5) is 14.5. The molecule has 2 saturated heterocycles. The molecule has 3 aromatic rings. The summed E-state index contributed by atoms with van der Waals surface area (Å²) in [6.07, 6.45) is -0.779. The fourth-order valence-corrected chi connectivity index (χ4v) is 5.62. The van der Waals surface area contributed by atoms with Crippen molar-refractivity contribution in [3.05, 3.63) is 95.1 Å². The molecule has 10 heteroatoms. The minimum atomic E-state index is -2.02. The summed E-state index contributed by atoms with van der Waals surface area (Å²) in [5, 5.41) is 12.2. The van der Waals surface area contributed by atoms with Gasteiger partial charge in [-0.15, -0.1) is 0 Å². The first kappa shape index (κ1) is 31.2. The van der Waals surface area contributed by atoms with Crippen LogP contribution in [0.15, 0.2) is 72.8 Å². The Labute approximate surface area is 261 Å². The molecule has 3 aromatic carbocycles. The highest BCUT2D eigenvalue weighted by molar-refractivity contribution is 6.76. The van der Waals surface area contributed by atoms with Gasteiger partial charge in [0.2, 0.25) is 0 Å². The number of nitrogens with one attached hydrogen (secondary N) is 1. The second-order valence-corrected chi connectivity index (χ2v) is 13.0. The molecule has 42 heavy (non-hydrogen) atoms. The second kappa shape index (κ2) is 14.1. The third kappa shape index (κ3) is 7.65. The van der Waals surface area contributed by atoms with Gasteiger partial charge in [-0.3, -0.25) is 9.69 Å². The topological polar surface area (TPSA) is 80.3 Å². The van der Waals surface area contributed by atoms with Gasteiger partial charge in [-0.2, -0.15) is 0 Å². The van der Waals surface area contributed by atoms with E-state index < -0.39 is 16.0 Å². The van der Waals surface area contributed by atoms with Crippen molar-refractivity contribution in [3.8, 4) is 11.1 Å². The lowest BCUT2D eigenvalue weighted by Crippen LogP contribution is -2.47. The van der Waals surface area contributed by atoms with Crippen LogP contribution in [0.25, 0.3) is 11.1 Å². The number of hydrogen-bond donors (Lipinski definition) is 2. The summed E-state index contributed by atoms with van der Waals surface area (Å²) >= 11 is 17.1. The van der Waals surface area contributed by atoms with Crippen molar-refractivity contribution in [1.29, 1.82) is 0 Å². The van der Waals surface area contributed by atoms with Crippen LogP contribution >= 0.6 is 34.8 Å². The predicted molar refractivity (Wildman–Crippen MR) is 164 cm³/mol. The highest BCUT2D eigenvalue weighted by atomic mass is 35.6. The molecule has 4 unspecified atom stereocenters. The maximum atomic E-state index is 12.1. The molecule has 0 aliphatic carbocycles. The molecule has 2 N–H and O–H groups in total. The van der Waals surface area contributed by atoms with Crippen LogP contribution in [0.1, 0.15) is 41.6 Å². The molecule has 0 saturated carbocycles. The molecule has 224 valence electrons. The van der Waals surface area contributed by atoms with Crippen molar-refractivity contribution < 1.29 is 24.1 Å². The zero-order chi connectivity index (χ0) is 29.7. The van der Waals surface area contributed by atoms with Gasteiger partial charge < -0.3 is 24.6 Å². The van der Waals surface area contributed by atoms with Gasteiger partial charge in [-0.1, -0.05) is 115 Å². The standard InChI is InChI=1S/C32H35Cl3N2O5/c1-21-28(19-37-14-16-40-17-15-37)41-30(42-29(21)24-8-6-22(20-38)7-9-24)25-12-10-23(11-13-25)27-5-3-2-4-26(27)18-36-31(39)32(33,34)35/h2-13,21,28-30,38H,14-20H2,1H3,(H,36,39). The van der Waals surface area contributed by atoms with Gasteiger partial charge in [0.15, 0.2) is 6.29 Å². The van der Waals surface area contributed by atoms with Crippen LogP contribution in [-0.2, 0) is 32.2 Å². The smallest absolute Gasteiger partial charge is 0.272 e. The highest BCUT2D eigenvalue weighted by Gasteiger charge is 2.39. The summed E-state index contributed by atoms with van der Waals surface area (Å²) in [6, 6.07) is 23.8. The number of hydrogen-bond acceptors (Lipinski definition) is 6. The van der Waals surface area contributed by atoms with Crippen molar-refractivity contribution in [1.82, 2.24) is 10.2 Å². The largest absolute Gasteiger partial charge is 0.392 e. The van der Waals surface area contributed by atoms with Crippen molar-refractivity contribution in [2.24, 2.45) is 5.92 Å². The zero-order valence-electron chi connectivity index (χ0n) is 23.3. The van der Waals surface area contributed by atoms with Gasteiger partial charge in [-0.25, -0.2) is 0 Å². The van der Waals surface area contributed by atoms with Crippen LogP contribution in [0.2, 0.25) is 0 Å². The Hall–Kier alpha value is -2.20. The van der Waals surface area contributed by atoms with E-state index in [1.807, 2.05) is 72.8 Å². The third-order valence-electron chi connectivity index (χ3n) is 7.87. The summed E-state index contributed by atoms with van der Waals surface area (Å²) in [5.41, 5.74) is 5.66. The fourth-order valence-electron chi connectivity index (χ4n) is 5.42. The van der Waals surface area contributed by atoms with Crippen molar-refractivity contribution in [2.45, 2.75) is 42.4 Å². The first-order chi connectivity index (χ1) is 20.2. The Bertz CT molecular complexity index is 1330. The molecule has 2 heterocycles. The van der Waals surface area contributed by atoms with Gasteiger partial charge in [0.05, 0.1) is 32.0 Å². The van der Waals surface area contributed by atoms with E-state index in [4.69, 9.17) is 49.0 Å². The van der Waals surface area contributed by atoms with E-state index in [1.165, 1.54) is 0 Å². The Morgan fingerprint density at radius 1 is 0.952 bits per heavy atom. The third-order valence-corrected chi connectivity index (χ3v) is 8.39. The Balaban J connectivity index is 1.37. The molecular formula is C32H35Cl3N2O5. The maximum absolute atomic E-state index is 12.1. The number of carbonyl (C=O) groups excluding carboxylic acids is 1. The van der Waals surface area contributed by atoms with Crippen LogP contribution in [0.4, 0.5) is 0 Å². The first-order valence-corrected chi connectivity index (χ1v) is 15.2. The highest BCUT2D eigenvalue weighted by Crippen LogP contribution is 2.42. The normalized spacial score (nSPS) is 23.5. The number of rotatable bonds is 8. The van der Waals surface area contributed by atoms with E-state index in [1.54, 1.807) is 0 Å². The molecular weight excluding hydrogens is 599 g/mol. The number of carbonyl (C=O) groups is 1. The van der Waals surface area contributed by atoms with Gasteiger partial charge >= 0.3 is 0 Å². The van der Waals surface area contributed by atoms with Crippen molar-refractivity contribution in [2.75, 3.05) is 32.8 Å². The van der Waals surface area contributed by atoms with Gasteiger partial charge in [0, 0.05) is 37.7 Å². The number of aliphatic hydroxyl groups is 1. The van der Waals surface area contributed by atoms with Gasteiger partial charge in [-0.05, 0) is 27.8 Å². The molecule has 0 aromatic heterocycles. The molecule has 2 aliphatic heterocycles. The van der Waals surface area contributed by atoms with Crippen molar-refractivity contribution in [3.63, 3.8) is 0 Å². The molecule has 4 atom stereocenters. The Kier molecular flexibility index (Phi) is 10.5. The second-order valence-electron chi connectivity index (χ2n) is 10.7. The van der Waals surface area contributed by atoms with Crippen LogP contribution in [0.5, 0.6) is 0 Å². The Morgan fingerprint density at radius 3 is 2.29 bits per heavy atom. The quantitative estimate of drug-likeness (QED) is 0.298. The monoisotopic (exact) mass is 632 g/mol. The maximum Gasteiger partial charge on any atom is 0.272 e. The molecule has 2 fully saturated rings. The molecule has 1 amide bonds. The zero-order valence-corrected chi connectivity index (χ0v) is 25.6. The summed E-state index contributed by atoms with van der Waals surface area (Å²) in [5.74, 6) is -0.566. The van der Waals surface area contributed by atoms with Crippen LogP contribution in [-0.4, -0.2) is 58.7 Å². The number of halogens is 3. The average molecular weight is 634 g/mol. The van der Waals surface area contributed by atoms with E-state index in [2.05, 4.69) is 17.1 Å². The minimum Gasteiger partial charge on any atom is -0.392 e. The van der Waals surface area contributed by atoms with Crippen molar-refractivity contribution >= 4 is 40.7 Å². The summed E-state index contributed by atoms with van der Waals surface area (Å²) < 4.78 is 16.8.